The summed E-state index contributed by atoms with van der Waals surface area (Å²) in [6.07, 6.45) is -0.684. The molecule has 0 saturated heterocycles. The lowest BCUT2D eigenvalue weighted by Crippen LogP contribution is -2.09. The van der Waals surface area contributed by atoms with E-state index in [2.05, 4.69) is 6.07 Å². The summed E-state index contributed by atoms with van der Waals surface area (Å²) in [7, 11) is 5.64. The van der Waals surface area contributed by atoms with Crippen molar-refractivity contribution in [1.29, 1.82) is 0 Å². The first-order valence-corrected chi connectivity index (χ1v) is 7.04. The molecule has 1 N–H and O–H groups in total. The smallest absolute Gasteiger partial charge is 0.125 e. The molecule has 1 unspecified atom stereocenters. The molecule has 0 aliphatic heterocycles. The molecule has 112 valence electrons. The molecule has 2 aromatic carbocycles. The molecule has 0 amide bonds. The number of ether oxygens (including phenoxy) is 1. The largest absolute Gasteiger partial charge is 0.496 e. The average molecular weight is 285 g/mol. The molecule has 0 aliphatic carbocycles. The van der Waals surface area contributed by atoms with Crippen LogP contribution in [0, 0.1) is 13.8 Å². The molecule has 0 heterocycles. The second kappa shape index (κ2) is 6.19. The summed E-state index contributed by atoms with van der Waals surface area (Å²) < 4.78 is 5.44. The zero-order valence-electron chi connectivity index (χ0n) is 13.3. The number of nitrogens with zero attached hydrogens (tertiary/aromatic N) is 1. The van der Waals surface area contributed by atoms with E-state index < -0.39 is 6.10 Å². The van der Waals surface area contributed by atoms with Crippen molar-refractivity contribution in [2.75, 3.05) is 26.1 Å². The highest BCUT2D eigenvalue weighted by Gasteiger charge is 2.18. The lowest BCUT2D eigenvalue weighted by Gasteiger charge is -2.20. The van der Waals surface area contributed by atoms with E-state index in [1.54, 1.807) is 7.11 Å². The third kappa shape index (κ3) is 3.19. The summed E-state index contributed by atoms with van der Waals surface area (Å²) in [6.45, 7) is 4.03. The third-order valence-electron chi connectivity index (χ3n) is 3.71. The van der Waals surface area contributed by atoms with Crippen LogP contribution in [0.3, 0.4) is 0 Å². The van der Waals surface area contributed by atoms with Crippen molar-refractivity contribution in [1.82, 2.24) is 0 Å². The molecule has 0 aromatic heterocycles. The van der Waals surface area contributed by atoms with Crippen molar-refractivity contribution in [3.63, 3.8) is 0 Å². The number of rotatable bonds is 4. The Labute approximate surface area is 126 Å². The molecule has 3 nitrogen and oxygen atoms in total. The Morgan fingerprint density at radius 2 is 1.67 bits per heavy atom. The van der Waals surface area contributed by atoms with Crippen LogP contribution in [0.5, 0.6) is 5.75 Å². The van der Waals surface area contributed by atoms with Crippen LogP contribution < -0.4 is 9.64 Å². The predicted octanol–water partition coefficient (Wildman–Crippen LogP) is 3.46. The van der Waals surface area contributed by atoms with Crippen molar-refractivity contribution in [3.8, 4) is 5.75 Å². The monoisotopic (exact) mass is 285 g/mol. The molecular formula is C18H23NO2. The number of hydrogen-bond acceptors (Lipinski definition) is 3. The van der Waals surface area contributed by atoms with Gasteiger partial charge in [0.15, 0.2) is 0 Å². The predicted molar refractivity (Wildman–Crippen MR) is 87.3 cm³/mol. The van der Waals surface area contributed by atoms with Crippen LogP contribution in [-0.4, -0.2) is 26.3 Å². The first kappa shape index (κ1) is 15.4. The number of aliphatic hydroxyl groups excluding tert-OH is 1. The van der Waals surface area contributed by atoms with E-state index in [0.717, 1.165) is 33.7 Å². The number of aryl methyl sites for hydroxylation is 2. The van der Waals surface area contributed by atoms with Gasteiger partial charge in [-0.2, -0.15) is 0 Å². The van der Waals surface area contributed by atoms with Gasteiger partial charge < -0.3 is 14.7 Å². The molecule has 1 atom stereocenters. The van der Waals surface area contributed by atoms with Crippen LogP contribution in [-0.2, 0) is 0 Å². The minimum atomic E-state index is -0.684. The fourth-order valence-electron chi connectivity index (χ4n) is 2.58. The average Bonchev–Trinajstić information content (AvgIpc) is 2.45. The van der Waals surface area contributed by atoms with Gasteiger partial charge in [0, 0.05) is 25.3 Å². The van der Waals surface area contributed by atoms with Gasteiger partial charge in [0.2, 0.25) is 0 Å². The lowest BCUT2D eigenvalue weighted by molar-refractivity contribution is 0.214. The molecule has 0 bridgehead atoms. The Hall–Kier alpha value is -2.00. The fourth-order valence-corrected chi connectivity index (χ4v) is 2.58. The second-order valence-corrected chi connectivity index (χ2v) is 5.59. The highest BCUT2D eigenvalue weighted by molar-refractivity contribution is 5.51. The van der Waals surface area contributed by atoms with Crippen LogP contribution in [0.1, 0.15) is 28.4 Å². The Morgan fingerprint density at radius 1 is 1.05 bits per heavy atom. The molecule has 0 fully saturated rings. The summed E-state index contributed by atoms with van der Waals surface area (Å²) in [6, 6.07) is 12.0. The van der Waals surface area contributed by atoms with E-state index in [-0.39, 0.29) is 0 Å². The van der Waals surface area contributed by atoms with Gasteiger partial charge >= 0.3 is 0 Å². The van der Waals surface area contributed by atoms with E-state index >= 15 is 0 Å². The van der Waals surface area contributed by atoms with Gasteiger partial charge in [0.25, 0.3) is 0 Å². The fraction of sp³-hybridized carbons (Fsp3) is 0.333. The van der Waals surface area contributed by atoms with Gasteiger partial charge in [-0.3, -0.25) is 0 Å². The summed E-state index contributed by atoms with van der Waals surface area (Å²) in [5.74, 6) is 0.733. The van der Waals surface area contributed by atoms with Crippen molar-refractivity contribution >= 4 is 5.69 Å². The molecule has 0 radical (unpaired) electrons. The Balaban J connectivity index is 2.42. The zero-order chi connectivity index (χ0) is 15.6. The van der Waals surface area contributed by atoms with Crippen LogP contribution in [0.25, 0.3) is 0 Å². The first-order valence-electron chi connectivity index (χ1n) is 7.04. The molecule has 21 heavy (non-hydrogen) atoms. The van der Waals surface area contributed by atoms with Gasteiger partial charge in [0.05, 0.1) is 7.11 Å². The summed E-state index contributed by atoms with van der Waals surface area (Å²) in [5, 5.41) is 10.7. The molecule has 0 spiro atoms. The highest BCUT2D eigenvalue weighted by Crippen LogP contribution is 2.34. The van der Waals surface area contributed by atoms with Gasteiger partial charge in [-0.25, -0.2) is 0 Å². The van der Waals surface area contributed by atoms with Crippen LogP contribution >= 0.6 is 0 Å². The molecule has 3 heteroatoms. The van der Waals surface area contributed by atoms with E-state index in [0.29, 0.717) is 0 Å². The van der Waals surface area contributed by atoms with Gasteiger partial charge in [0.1, 0.15) is 11.9 Å². The van der Waals surface area contributed by atoms with E-state index in [4.69, 9.17) is 4.74 Å². The Kier molecular flexibility index (Phi) is 4.53. The standard InChI is InChI=1S/C18H23NO2/c1-12-10-13(2)17(16(11-12)21-5)18(20)14-6-8-15(9-7-14)19(3)4/h6-11,18,20H,1-5H3. The van der Waals surface area contributed by atoms with Crippen molar-refractivity contribution in [2.24, 2.45) is 0 Å². The highest BCUT2D eigenvalue weighted by atomic mass is 16.5. The van der Waals surface area contributed by atoms with E-state index in [1.165, 1.54) is 0 Å². The molecule has 0 saturated carbocycles. The normalized spacial score (nSPS) is 12.1. The summed E-state index contributed by atoms with van der Waals surface area (Å²) in [4.78, 5) is 2.04. The summed E-state index contributed by atoms with van der Waals surface area (Å²) in [5.41, 5.74) is 4.98. The Morgan fingerprint density at radius 3 is 2.19 bits per heavy atom. The number of aliphatic hydroxyl groups is 1. The lowest BCUT2D eigenvalue weighted by atomic mass is 9.95. The molecule has 2 rings (SSSR count). The number of benzene rings is 2. The number of anilines is 1. The van der Waals surface area contributed by atoms with E-state index in [9.17, 15) is 5.11 Å². The van der Waals surface area contributed by atoms with Crippen LogP contribution in [0.15, 0.2) is 36.4 Å². The maximum absolute atomic E-state index is 10.7. The van der Waals surface area contributed by atoms with Gasteiger partial charge in [-0.15, -0.1) is 0 Å². The minimum absolute atomic E-state index is 0.684. The SMILES string of the molecule is COc1cc(C)cc(C)c1C(O)c1ccc(N(C)C)cc1. The molecule has 2 aromatic rings. The van der Waals surface area contributed by atoms with Crippen molar-refractivity contribution in [2.45, 2.75) is 20.0 Å². The van der Waals surface area contributed by atoms with Gasteiger partial charge in [-0.05, 0) is 48.7 Å². The first-order chi connectivity index (χ1) is 9.93. The Bertz CT molecular complexity index is 618. The van der Waals surface area contributed by atoms with Crippen molar-refractivity contribution in [3.05, 3.63) is 58.7 Å². The zero-order valence-corrected chi connectivity index (χ0v) is 13.3. The van der Waals surface area contributed by atoms with Crippen LogP contribution in [0.2, 0.25) is 0 Å². The van der Waals surface area contributed by atoms with Crippen LogP contribution in [0.4, 0.5) is 5.69 Å². The second-order valence-electron chi connectivity index (χ2n) is 5.59. The maximum Gasteiger partial charge on any atom is 0.125 e. The number of hydrogen-bond donors (Lipinski definition) is 1. The van der Waals surface area contributed by atoms with E-state index in [1.807, 2.05) is 63.2 Å². The molecular weight excluding hydrogens is 262 g/mol. The minimum Gasteiger partial charge on any atom is -0.496 e. The maximum atomic E-state index is 10.7. The number of methoxy groups -OCH3 is 1. The summed E-state index contributed by atoms with van der Waals surface area (Å²) >= 11 is 0. The molecule has 0 aliphatic rings. The van der Waals surface area contributed by atoms with Gasteiger partial charge in [-0.1, -0.05) is 18.2 Å². The van der Waals surface area contributed by atoms with Crippen molar-refractivity contribution < 1.29 is 9.84 Å². The quantitative estimate of drug-likeness (QED) is 0.934. The topological polar surface area (TPSA) is 32.7 Å². The third-order valence-corrected chi connectivity index (χ3v) is 3.71.